The Morgan fingerprint density at radius 1 is 1.50 bits per heavy atom. The van der Waals surface area contributed by atoms with E-state index in [-0.39, 0.29) is 6.54 Å². The van der Waals surface area contributed by atoms with Crippen molar-refractivity contribution in [2.45, 2.75) is 5.92 Å². The third-order valence-corrected chi connectivity index (χ3v) is 2.88. The van der Waals surface area contributed by atoms with Crippen LogP contribution in [0.2, 0.25) is 0 Å². The largest absolute Gasteiger partial charge is 0.481 e. The summed E-state index contributed by atoms with van der Waals surface area (Å²) >= 11 is 0. The highest BCUT2D eigenvalue weighted by Gasteiger charge is 2.21. The average molecular weight is 218 g/mol. The molecular formula is C12H14N2O2. The molecule has 84 valence electrons. The molecule has 2 aromatic rings. The highest BCUT2D eigenvalue weighted by molar-refractivity contribution is 5.84. The van der Waals surface area contributed by atoms with E-state index in [1.165, 1.54) is 0 Å². The first-order valence-electron chi connectivity index (χ1n) is 5.12. The molecule has 0 amide bonds. The van der Waals surface area contributed by atoms with Crippen LogP contribution in [0, 0.1) is 0 Å². The number of fused-ring (bicyclic) bond motifs is 1. The first-order chi connectivity index (χ1) is 7.65. The summed E-state index contributed by atoms with van der Waals surface area (Å²) in [4.78, 5) is 11.1. The van der Waals surface area contributed by atoms with Crippen molar-refractivity contribution in [3.05, 3.63) is 36.0 Å². The lowest BCUT2D eigenvalue weighted by Crippen LogP contribution is -2.23. The average Bonchev–Trinajstić information content (AvgIpc) is 2.58. The highest BCUT2D eigenvalue weighted by Crippen LogP contribution is 2.24. The molecule has 0 aliphatic heterocycles. The van der Waals surface area contributed by atoms with Crippen LogP contribution in [0.4, 0.5) is 0 Å². The second-order valence-electron chi connectivity index (χ2n) is 3.81. The van der Waals surface area contributed by atoms with Crippen LogP contribution in [-0.4, -0.2) is 22.2 Å². The Balaban J connectivity index is 2.60. The van der Waals surface area contributed by atoms with Gasteiger partial charge in [-0.3, -0.25) is 4.79 Å². The SMILES string of the molecule is Cn1c(C(CN)C(=O)O)cc2ccccc21. The van der Waals surface area contributed by atoms with Gasteiger partial charge >= 0.3 is 5.97 Å². The van der Waals surface area contributed by atoms with Gasteiger partial charge < -0.3 is 15.4 Å². The molecule has 1 unspecified atom stereocenters. The molecule has 0 saturated carbocycles. The number of hydrogen-bond donors (Lipinski definition) is 2. The minimum Gasteiger partial charge on any atom is -0.481 e. The van der Waals surface area contributed by atoms with E-state index in [9.17, 15) is 4.79 Å². The number of carbonyl (C=O) groups is 1. The van der Waals surface area contributed by atoms with E-state index >= 15 is 0 Å². The maximum Gasteiger partial charge on any atom is 0.313 e. The second-order valence-corrected chi connectivity index (χ2v) is 3.81. The molecule has 2 rings (SSSR count). The lowest BCUT2D eigenvalue weighted by atomic mass is 10.1. The van der Waals surface area contributed by atoms with Crippen LogP contribution < -0.4 is 5.73 Å². The first kappa shape index (κ1) is 10.7. The summed E-state index contributed by atoms with van der Waals surface area (Å²) in [6.45, 7) is 0.111. The number of nitrogens with zero attached hydrogens (tertiary/aromatic N) is 1. The van der Waals surface area contributed by atoms with Gasteiger partial charge in [-0.15, -0.1) is 0 Å². The van der Waals surface area contributed by atoms with E-state index in [4.69, 9.17) is 10.8 Å². The fraction of sp³-hybridized carbons (Fsp3) is 0.250. The maximum absolute atomic E-state index is 11.1. The van der Waals surface area contributed by atoms with Gasteiger partial charge in [0.2, 0.25) is 0 Å². The van der Waals surface area contributed by atoms with Crippen molar-refractivity contribution in [2.75, 3.05) is 6.54 Å². The van der Waals surface area contributed by atoms with Gasteiger partial charge in [0.05, 0.1) is 0 Å². The zero-order valence-electron chi connectivity index (χ0n) is 9.05. The molecule has 3 N–H and O–H groups in total. The van der Waals surface area contributed by atoms with Gasteiger partial charge in [0.15, 0.2) is 0 Å². The van der Waals surface area contributed by atoms with Crippen molar-refractivity contribution in [3.8, 4) is 0 Å². The molecule has 0 radical (unpaired) electrons. The zero-order chi connectivity index (χ0) is 11.7. The fourth-order valence-electron chi connectivity index (χ4n) is 1.99. The third-order valence-electron chi connectivity index (χ3n) is 2.88. The molecule has 1 atom stereocenters. The van der Waals surface area contributed by atoms with Crippen molar-refractivity contribution < 1.29 is 9.90 Å². The van der Waals surface area contributed by atoms with Crippen molar-refractivity contribution in [1.29, 1.82) is 0 Å². The fourth-order valence-corrected chi connectivity index (χ4v) is 1.99. The van der Waals surface area contributed by atoms with Gasteiger partial charge in [-0.25, -0.2) is 0 Å². The summed E-state index contributed by atoms with van der Waals surface area (Å²) < 4.78 is 1.89. The summed E-state index contributed by atoms with van der Waals surface area (Å²) in [5.74, 6) is -1.52. The van der Waals surface area contributed by atoms with Crippen molar-refractivity contribution in [1.82, 2.24) is 4.57 Å². The molecule has 1 aromatic heterocycles. The van der Waals surface area contributed by atoms with Crippen LogP contribution in [0.5, 0.6) is 0 Å². The van der Waals surface area contributed by atoms with Crippen molar-refractivity contribution in [3.63, 3.8) is 0 Å². The van der Waals surface area contributed by atoms with E-state index in [1.807, 2.05) is 41.9 Å². The van der Waals surface area contributed by atoms with Gasteiger partial charge in [0, 0.05) is 24.8 Å². The minimum atomic E-state index is -0.881. The Morgan fingerprint density at radius 3 is 2.75 bits per heavy atom. The Morgan fingerprint density at radius 2 is 2.19 bits per heavy atom. The van der Waals surface area contributed by atoms with Gasteiger partial charge in [-0.1, -0.05) is 18.2 Å². The number of aromatic nitrogens is 1. The Kier molecular flexibility index (Phi) is 2.66. The summed E-state index contributed by atoms with van der Waals surface area (Å²) in [6, 6.07) is 9.69. The Labute approximate surface area is 93.3 Å². The van der Waals surface area contributed by atoms with Crippen molar-refractivity contribution >= 4 is 16.9 Å². The summed E-state index contributed by atoms with van der Waals surface area (Å²) in [6.07, 6.45) is 0. The predicted octanol–water partition coefficient (Wildman–Crippen LogP) is 1.31. The normalized spacial score (nSPS) is 12.9. The molecule has 4 nitrogen and oxygen atoms in total. The topological polar surface area (TPSA) is 68.2 Å². The number of carboxylic acids is 1. The number of benzene rings is 1. The smallest absolute Gasteiger partial charge is 0.313 e. The van der Waals surface area contributed by atoms with Gasteiger partial charge in [0.25, 0.3) is 0 Å². The van der Waals surface area contributed by atoms with Crippen LogP contribution in [-0.2, 0) is 11.8 Å². The lowest BCUT2D eigenvalue weighted by Gasteiger charge is -2.11. The molecule has 1 aromatic carbocycles. The van der Waals surface area contributed by atoms with Gasteiger partial charge in [0.1, 0.15) is 5.92 Å². The highest BCUT2D eigenvalue weighted by atomic mass is 16.4. The number of carboxylic acid groups (broad SMARTS) is 1. The number of para-hydroxylation sites is 1. The molecular weight excluding hydrogens is 204 g/mol. The van der Waals surface area contributed by atoms with Crippen LogP contribution in [0.25, 0.3) is 10.9 Å². The van der Waals surface area contributed by atoms with Gasteiger partial charge in [-0.05, 0) is 17.5 Å². The molecule has 4 heteroatoms. The van der Waals surface area contributed by atoms with Crippen LogP contribution in [0.15, 0.2) is 30.3 Å². The van der Waals surface area contributed by atoms with E-state index in [0.717, 1.165) is 16.6 Å². The molecule has 0 aliphatic rings. The van der Waals surface area contributed by atoms with Crippen LogP contribution >= 0.6 is 0 Å². The molecule has 0 fully saturated rings. The quantitative estimate of drug-likeness (QED) is 0.816. The third kappa shape index (κ3) is 1.57. The summed E-state index contributed by atoms with van der Waals surface area (Å²) in [5.41, 5.74) is 7.27. The standard InChI is InChI=1S/C12H14N2O2/c1-14-10-5-3-2-4-8(10)6-11(14)9(7-13)12(15)16/h2-6,9H,7,13H2,1H3,(H,15,16). The van der Waals surface area contributed by atoms with E-state index < -0.39 is 11.9 Å². The maximum atomic E-state index is 11.1. The molecule has 0 saturated heterocycles. The number of nitrogens with two attached hydrogens (primary N) is 1. The number of hydrogen-bond acceptors (Lipinski definition) is 2. The predicted molar refractivity (Wildman–Crippen MR) is 62.4 cm³/mol. The monoisotopic (exact) mass is 218 g/mol. The molecule has 0 aliphatic carbocycles. The van der Waals surface area contributed by atoms with Crippen molar-refractivity contribution in [2.24, 2.45) is 12.8 Å². The second kappa shape index (κ2) is 3.98. The van der Waals surface area contributed by atoms with E-state index in [1.54, 1.807) is 0 Å². The van der Waals surface area contributed by atoms with Crippen LogP contribution in [0.3, 0.4) is 0 Å². The molecule has 0 spiro atoms. The zero-order valence-corrected chi connectivity index (χ0v) is 9.05. The summed E-state index contributed by atoms with van der Waals surface area (Å²) in [5, 5.41) is 10.1. The summed E-state index contributed by atoms with van der Waals surface area (Å²) in [7, 11) is 1.86. The number of aliphatic carboxylic acids is 1. The molecule has 1 heterocycles. The Hall–Kier alpha value is -1.81. The lowest BCUT2D eigenvalue weighted by molar-refractivity contribution is -0.138. The van der Waals surface area contributed by atoms with Gasteiger partial charge in [-0.2, -0.15) is 0 Å². The van der Waals surface area contributed by atoms with E-state index in [0.29, 0.717) is 0 Å². The first-order valence-corrected chi connectivity index (χ1v) is 5.12. The molecule has 16 heavy (non-hydrogen) atoms. The minimum absolute atomic E-state index is 0.111. The van der Waals surface area contributed by atoms with E-state index in [2.05, 4.69) is 0 Å². The molecule has 0 bridgehead atoms. The van der Waals surface area contributed by atoms with Crippen LogP contribution in [0.1, 0.15) is 11.6 Å². The Bertz CT molecular complexity index is 531. The number of rotatable bonds is 3. The number of aryl methyl sites for hydroxylation is 1.